The molecule has 1 heterocycles. The topological polar surface area (TPSA) is 15.3 Å². The van der Waals surface area contributed by atoms with Gasteiger partial charge < -0.3 is 5.32 Å². The molecule has 0 aliphatic carbocycles. The van der Waals surface area contributed by atoms with Crippen LogP contribution in [0.5, 0.6) is 0 Å². The lowest BCUT2D eigenvalue weighted by molar-refractivity contribution is -0.140. The third-order valence-corrected chi connectivity index (χ3v) is 3.66. The molecule has 1 N–H and O–H groups in total. The molecule has 0 amide bonds. The molecule has 1 atom stereocenters. The molecule has 1 aliphatic rings. The number of nitrogens with zero attached hydrogens (tertiary/aromatic N) is 1. The van der Waals surface area contributed by atoms with Gasteiger partial charge in [0.05, 0.1) is 5.56 Å². The van der Waals surface area contributed by atoms with Crippen molar-refractivity contribution in [3.8, 4) is 0 Å². The minimum absolute atomic E-state index is 0.203. The Morgan fingerprint density at radius 3 is 2.52 bits per heavy atom. The van der Waals surface area contributed by atoms with Gasteiger partial charge in [0.15, 0.2) is 0 Å². The molecule has 1 saturated heterocycles. The van der Waals surface area contributed by atoms with Crippen molar-refractivity contribution in [3.05, 3.63) is 47.8 Å². The van der Waals surface area contributed by atoms with Crippen molar-refractivity contribution in [1.82, 2.24) is 10.2 Å². The summed E-state index contributed by atoms with van der Waals surface area (Å²) in [4.78, 5) is 2.10. The second-order valence-electron chi connectivity index (χ2n) is 5.06. The van der Waals surface area contributed by atoms with Gasteiger partial charge in [-0.2, -0.15) is 13.2 Å². The molecule has 21 heavy (non-hydrogen) atoms. The van der Waals surface area contributed by atoms with Gasteiger partial charge in [0.1, 0.15) is 5.82 Å². The first-order chi connectivity index (χ1) is 9.93. The Hall–Kier alpha value is -1.40. The average molecular weight is 302 g/mol. The number of benzene rings is 1. The molecular formula is C15H18F4N2. The highest BCUT2D eigenvalue weighted by Gasteiger charge is 2.35. The maximum Gasteiger partial charge on any atom is 0.419 e. The van der Waals surface area contributed by atoms with Crippen molar-refractivity contribution >= 4 is 0 Å². The summed E-state index contributed by atoms with van der Waals surface area (Å²) in [7, 11) is 0. The third kappa shape index (κ3) is 3.83. The fraction of sp³-hybridized carbons (Fsp3) is 0.467. The van der Waals surface area contributed by atoms with Crippen molar-refractivity contribution in [3.63, 3.8) is 0 Å². The van der Waals surface area contributed by atoms with Gasteiger partial charge in [-0.05, 0) is 24.1 Å². The normalized spacial score (nSPS) is 18.5. The van der Waals surface area contributed by atoms with Crippen molar-refractivity contribution in [2.75, 3.05) is 26.2 Å². The summed E-state index contributed by atoms with van der Waals surface area (Å²) in [5.41, 5.74) is -0.727. The Labute approximate surface area is 121 Å². The standard InChI is InChI=1S/C15H18F4N2/c1-2-3-14(21-8-6-20-7-9-21)11-4-5-13(16)12(10-11)15(17,18)19/h2,4-5,10,14,20H,1,3,6-9H2/t14-/m0/s1. The molecule has 0 bridgehead atoms. The minimum Gasteiger partial charge on any atom is -0.314 e. The molecule has 6 heteroatoms. The largest absolute Gasteiger partial charge is 0.419 e. The maximum absolute atomic E-state index is 13.4. The molecule has 1 aromatic rings. The third-order valence-electron chi connectivity index (χ3n) is 3.66. The van der Waals surface area contributed by atoms with E-state index in [0.29, 0.717) is 12.0 Å². The minimum atomic E-state index is -4.68. The first-order valence-electron chi connectivity index (χ1n) is 6.86. The number of halogens is 4. The number of alkyl halides is 3. The van der Waals surface area contributed by atoms with Gasteiger partial charge in [-0.25, -0.2) is 4.39 Å². The lowest BCUT2D eigenvalue weighted by Crippen LogP contribution is -2.45. The van der Waals surface area contributed by atoms with E-state index in [9.17, 15) is 17.6 Å². The molecule has 116 valence electrons. The van der Waals surface area contributed by atoms with Crippen LogP contribution in [-0.2, 0) is 6.18 Å². The van der Waals surface area contributed by atoms with Gasteiger partial charge in [0.25, 0.3) is 0 Å². The van der Waals surface area contributed by atoms with Gasteiger partial charge in [0, 0.05) is 32.2 Å². The molecule has 2 rings (SSSR count). The van der Waals surface area contributed by atoms with Crippen LogP contribution >= 0.6 is 0 Å². The van der Waals surface area contributed by atoms with Gasteiger partial charge >= 0.3 is 6.18 Å². The summed E-state index contributed by atoms with van der Waals surface area (Å²) in [6, 6.07) is 3.05. The molecule has 1 aliphatic heterocycles. The molecule has 0 aromatic heterocycles. The SMILES string of the molecule is C=CC[C@@H](c1ccc(F)c(C(F)(F)F)c1)N1CCNCC1. The summed E-state index contributed by atoms with van der Waals surface area (Å²) in [5.74, 6) is -1.23. The van der Waals surface area contributed by atoms with Gasteiger partial charge in [-0.3, -0.25) is 4.90 Å². The van der Waals surface area contributed by atoms with Crippen LogP contribution in [0, 0.1) is 5.82 Å². The predicted octanol–water partition coefficient (Wildman–Crippen LogP) is 3.37. The second kappa shape index (κ2) is 6.58. The Kier molecular flexibility index (Phi) is 5.00. The monoisotopic (exact) mass is 302 g/mol. The summed E-state index contributed by atoms with van der Waals surface area (Å²) in [6.07, 6.45) is -2.46. The fourth-order valence-electron chi connectivity index (χ4n) is 2.62. The molecule has 2 nitrogen and oxygen atoms in total. The summed E-state index contributed by atoms with van der Waals surface area (Å²) >= 11 is 0. The van der Waals surface area contributed by atoms with Crippen LogP contribution in [0.1, 0.15) is 23.6 Å². The van der Waals surface area contributed by atoms with Gasteiger partial charge in [-0.15, -0.1) is 6.58 Å². The lowest BCUT2D eigenvalue weighted by Gasteiger charge is -2.35. The number of hydrogen-bond acceptors (Lipinski definition) is 2. The maximum atomic E-state index is 13.4. The number of piperazine rings is 1. The molecule has 0 radical (unpaired) electrons. The van der Waals surface area contributed by atoms with Crippen molar-refractivity contribution in [1.29, 1.82) is 0 Å². The fourth-order valence-corrected chi connectivity index (χ4v) is 2.62. The zero-order chi connectivity index (χ0) is 15.5. The van der Waals surface area contributed by atoms with Crippen LogP contribution < -0.4 is 5.32 Å². The van der Waals surface area contributed by atoms with Crippen molar-refractivity contribution < 1.29 is 17.6 Å². The van der Waals surface area contributed by atoms with Crippen LogP contribution in [0.3, 0.4) is 0 Å². The van der Waals surface area contributed by atoms with E-state index in [4.69, 9.17) is 0 Å². The van der Waals surface area contributed by atoms with Crippen LogP contribution in [0.2, 0.25) is 0 Å². The van der Waals surface area contributed by atoms with Gasteiger partial charge in [-0.1, -0.05) is 12.1 Å². The summed E-state index contributed by atoms with van der Waals surface area (Å²) in [6.45, 7) is 6.75. The lowest BCUT2D eigenvalue weighted by atomic mass is 9.98. The molecule has 1 aromatic carbocycles. The highest BCUT2D eigenvalue weighted by molar-refractivity contribution is 5.30. The van der Waals surface area contributed by atoms with Crippen LogP contribution in [-0.4, -0.2) is 31.1 Å². The van der Waals surface area contributed by atoms with E-state index in [1.807, 2.05) is 0 Å². The molecule has 0 spiro atoms. The summed E-state index contributed by atoms with van der Waals surface area (Å²) < 4.78 is 51.9. The first-order valence-corrected chi connectivity index (χ1v) is 6.86. The molecule has 0 unspecified atom stereocenters. The van der Waals surface area contributed by atoms with Crippen molar-refractivity contribution in [2.24, 2.45) is 0 Å². The summed E-state index contributed by atoms with van der Waals surface area (Å²) in [5, 5.41) is 3.20. The highest BCUT2D eigenvalue weighted by Crippen LogP contribution is 2.35. The van der Waals surface area contributed by atoms with E-state index in [-0.39, 0.29) is 6.04 Å². The van der Waals surface area contributed by atoms with E-state index >= 15 is 0 Å². The van der Waals surface area contributed by atoms with E-state index in [0.717, 1.165) is 38.3 Å². The van der Waals surface area contributed by atoms with Crippen LogP contribution in [0.25, 0.3) is 0 Å². The van der Waals surface area contributed by atoms with E-state index in [1.54, 1.807) is 6.08 Å². The Balaban J connectivity index is 2.33. The quantitative estimate of drug-likeness (QED) is 0.677. The highest BCUT2D eigenvalue weighted by atomic mass is 19.4. The van der Waals surface area contributed by atoms with Gasteiger partial charge in [0.2, 0.25) is 0 Å². The molecular weight excluding hydrogens is 284 g/mol. The van der Waals surface area contributed by atoms with Crippen molar-refractivity contribution in [2.45, 2.75) is 18.6 Å². The van der Waals surface area contributed by atoms with E-state index < -0.39 is 17.6 Å². The first kappa shape index (κ1) is 16.0. The predicted molar refractivity (Wildman–Crippen MR) is 73.4 cm³/mol. The number of rotatable bonds is 4. The van der Waals surface area contributed by atoms with Crippen LogP contribution in [0.4, 0.5) is 17.6 Å². The molecule has 1 fully saturated rings. The van der Waals surface area contributed by atoms with E-state index in [2.05, 4.69) is 16.8 Å². The second-order valence-corrected chi connectivity index (χ2v) is 5.06. The van der Waals surface area contributed by atoms with E-state index in [1.165, 1.54) is 6.07 Å². The average Bonchev–Trinajstić information content (AvgIpc) is 2.45. The van der Waals surface area contributed by atoms with Crippen LogP contribution in [0.15, 0.2) is 30.9 Å². The number of hydrogen-bond donors (Lipinski definition) is 1. The Morgan fingerprint density at radius 1 is 1.29 bits per heavy atom. The smallest absolute Gasteiger partial charge is 0.314 e. The molecule has 0 saturated carbocycles. The zero-order valence-electron chi connectivity index (χ0n) is 11.6. The Bertz CT molecular complexity index is 493. The zero-order valence-corrected chi connectivity index (χ0v) is 11.6. The number of nitrogens with one attached hydrogen (secondary N) is 1. The Morgan fingerprint density at radius 2 is 1.95 bits per heavy atom.